The summed E-state index contributed by atoms with van der Waals surface area (Å²) in [4.78, 5) is 16.7. The Kier molecular flexibility index (Phi) is 3.65. The van der Waals surface area contributed by atoms with E-state index in [0.29, 0.717) is 17.1 Å². The molecule has 1 aromatic carbocycles. The molecule has 2 aromatic heterocycles. The van der Waals surface area contributed by atoms with Gasteiger partial charge in [0.05, 0.1) is 6.20 Å². The van der Waals surface area contributed by atoms with Crippen LogP contribution in [0.15, 0.2) is 48.7 Å². The van der Waals surface area contributed by atoms with Crippen LogP contribution in [0.4, 0.5) is 4.39 Å². The van der Waals surface area contributed by atoms with Gasteiger partial charge in [0, 0.05) is 5.54 Å². The lowest BCUT2D eigenvalue weighted by Crippen LogP contribution is -2.59. The van der Waals surface area contributed by atoms with Gasteiger partial charge in [0.2, 0.25) is 5.69 Å². The van der Waals surface area contributed by atoms with Gasteiger partial charge in [0.1, 0.15) is 11.4 Å². The Labute approximate surface area is 169 Å². The maximum Gasteiger partial charge on any atom is 0.296 e. The van der Waals surface area contributed by atoms with Crippen molar-refractivity contribution in [2.45, 2.75) is 44.1 Å². The lowest BCUT2D eigenvalue weighted by molar-refractivity contribution is -0.498. The van der Waals surface area contributed by atoms with Crippen LogP contribution in [0.25, 0.3) is 16.9 Å². The molecule has 0 saturated heterocycles. The first-order valence-corrected chi connectivity index (χ1v) is 10.7. The fourth-order valence-electron chi connectivity index (χ4n) is 6.68. The zero-order valence-electron chi connectivity index (χ0n) is 16.3. The second kappa shape index (κ2) is 6.15. The number of halogens is 1. The summed E-state index contributed by atoms with van der Waals surface area (Å²) in [5.74, 6) is 2.52. The summed E-state index contributed by atoms with van der Waals surface area (Å²) < 4.78 is 16.3. The van der Waals surface area contributed by atoms with E-state index in [0.717, 1.165) is 42.5 Å². The van der Waals surface area contributed by atoms with Gasteiger partial charge in [-0.3, -0.25) is 4.79 Å². The highest BCUT2D eigenvalue weighted by atomic mass is 19.1. The van der Waals surface area contributed by atoms with Crippen LogP contribution in [0.1, 0.15) is 49.0 Å². The Morgan fingerprint density at radius 2 is 1.66 bits per heavy atom. The molecule has 29 heavy (non-hydrogen) atoms. The standard InChI is InChI=1S/C24H24FN3O/c25-19-6-2-1-5-18(19)22-26-21(20-7-3-4-8-28(20)22)23(29)27-24-12-15-9-16(13-24)11-17(10-15)14-24/h1-8,15-17H,9-14H2,(H,27,29)/p+1. The largest absolute Gasteiger partial charge is 0.343 e. The number of amides is 1. The molecule has 0 radical (unpaired) electrons. The lowest BCUT2D eigenvalue weighted by atomic mass is 9.53. The van der Waals surface area contributed by atoms with Crippen LogP contribution in [-0.2, 0) is 0 Å². The molecule has 148 valence electrons. The van der Waals surface area contributed by atoms with Gasteiger partial charge in [-0.05, 0) is 80.5 Å². The van der Waals surface area contributed by atoms with Crippen molar-refractivity contribution in [3.05, 3.63) is 60.2 Å². The molecule has 4 nitrogen and oxygen atoms in total. The third-order valence-corrected chi connectivity index (χ3v) is 7.37. The molecule has 4 saturated carbocycles. The molecule has 1 amide bonds. The first-order valence-electron chi connectivity index (χ1n) is 10.7. The average Bonchev–Trinajstić information content (AvgIpc) is 3.07. The predicted octanol–water partition coefficient (Wildman–Crippen LogP) is 4.26. The molecule has 4 aliphatic rings. The van der Waals surface area contributed by atoms with Gasteiger partial charge in [-0.25, -0.2) is 9.37 Å². The Balaban J connectivity index is 1.39. The van der Waals surface area contributed by atoms with Crippen molar-refractivity contribution in [1.82, 2.24) is 10.3 Å². The van der Waals surface area contributed by atoms with Gasteiger partial charge in [-0.1, -0.05) is 18.2 Å². The van der Waals surface area contributed by atoms with E-state index in [4.69, 9.17) is 0 Å². The van der Waals surface area contributed by atoms with Crippen molar-refractivity contribution in [3.63, 3.8) is 0 Å². The van der Waals surface area contributed by atoms with Crippen molar-refractivity contribution >= 4 is 11.4 Å². The number of hydrogen-bond acceptors (Lipinski definition) is 1. The van der Waals surface area contributed by atoms with Crippen LogP contribution in [-0.4, -0.2) is 16.4 Å². The number of nitrogens with one attached hydrogen (secondary N) is 2. The third kappa shape index (κ3) is 2.70. The maximum atomic E-state index is 14.5. The van der Waals surface area contributed by atoms with Crippen LogP contribution in [0.3, 0.4) is 0 Å². The molecule has 4 bridgehead atoms. The molecule has 5 heteroatoms. The highest BCUT2D eigenvalue weighted by molar-refractivity contribution is 5.99. The minimum Gasteiger partial charge on any atom is -0.343 e. The number of hydrogen-bond donors (Lipinski definition) is 2. The molecule has 0 unspecified atom stereocenters. The van der Waals surface area contributed by atoms with Gasteiger partial charge in [-0.15, -0.1) is 0 Å². The van der Waals surface area contributed by atoms with Crippen molar-refractivity contribution in [3.8, 4) is 11.4 Å². The number of carbonyl (C=O) groups is 1. The van der Waals surface area contributed by atoms with Crippen LogP contribution >= 0.6 is 0 Å². The third-order valence-electron chi connectivity index (χ3n) is 7.37. The quantitative estimate of drug-likeness (QED) is 0.645. The number of H-pyrrole nitrogens is 1. The first-order chi connectivity index (χ1) is 14.1. The average molecular weight is 390 g/mol. The van der Waals surface area contributed by atoms with E-state index in [1.165, 1.54) is 25.3 Å². The van der Waals surface area contributed by atoms with Gasteiger partial charge < -0.3 is 5.32 Å². The lowest BCUT2D eigenvalue weighted by Gasteiger charge is -2.56. The second-order valence-corrected chi connectivity index (χ2v) is 9.44. The number of aromatic nitrogens is 2. The monoisotopic (exact) mass is 390 g/mol. The predicted molar refractivity (Wildman–Crippen MR) is 108 cm³/mol. The van der Waals surface area contributed by atoms with Crippen LogP contribution in [0, 0.1) is 23.6 Å². The van der Waals surface area contributed by atoms with E-state index in [-0.39, 0.29) is 17.3 Å². The van der Waals surface area contributed by atoms with Gasteiger partial charge in [0.25, 0.3) is 11.7 Å². The van der Waals surface area contributed by atoms with Crippen molar-refractivity contribution in [1.29, 1.82) is 0 Å². The molecule has 0 atom stereocenters. The van der Waals surface area contributed by atoms with Crippen LogP contribution in [0.5, 0.6) is 0 Å². The number of aromatic amines is 1. The van der Waals surface area contributed by atoms with Gasteiger partial charge >= 0.3 is 0 Å². The molecule has 4 fully saturated rings. The minimum absolute atomic E-state index is 0.0547. The maximum absolute atomic E-state index is 14.5. The highest BCUT2D eigenvalue weighted by Gasteiger charge is 2.52. The highest BCUT2D eigenvalue weighted by Crippen LogP contribution is 2.55. The second-order valence-electron chi connectivity index (χ2n) is 9.44. The van der Waals surface area contributed by atoms with E-state index in [1.54, 1.807) is 12.1 Å². The van der Waals surface area contributed by atoms with E-state index >= 15 is 0 Å². The Bertz CT molecular complexity index is 1080. The summed E-state index contributed by atoms with van der Waals surface area (Å²) in [7, 11) is 0. The zero-order valence-corrected chi connectivity index (χ0v) is 16.3. The molecular weight excluding hydrogens is 365 g/mol. The zero-order chi connectivity index (χ0) is 19.6. The smallest absolute Gasteiger partial charge is 0.296 e. The van der Waals surface area contributed by atoms with Crippen molar-refractivity contribution in [2.24, 2.45) is 17.8 Å². The summed E-state index contributed by atoms with van der Waals surface area (Å²) in [5, 5.41) is 3.44. The van der Waals surface area contributed by atoms with Crippen LogP contribution in [0.2, 0.25) is 0 Å². The fraction of sp³-hybridized carbons (Fsp3) is 0.417. The Morgan fingerprint density at radius 1 is 1.00 bits per heavy atom. The number of benzene rings is 1. The molecule has 2 N–H and O–H groups in total. The molecule has 7 rings (SSSR count). The van der Waals surface area contributed by atoms with Gasteiger partial charge in [-0.2, -0.15) is 4.40 Å². The number of carbonyl (C=O) groups excluding carboxylic acids is 1. The normalized spacial score (nSPS) is 30.0. The Hall–Kier alpha value is -2.69. The molecule has 0 aliphatic heterocycles. The summed E-state index contributed by atoms with van der Waals surface area (Å²) in [6.45, 7) is 0. The molecule has 2 heterocycles. The van der Waals surface area contributed by atoms with E-state index in [1.807, 2.05) is 34.9 Å². The fourth-order valence-corrected chi connectivity index (χ4v) is 6.68. The number of pyridine rings is 1. The van der Waals surface area contributed by atoms with E-state index < -0.39 is 0 Å². The SMILES string of the molecule is O=C(NC12CC3CC(CC(C3)C1)C2)c1[nH]c(-c2ccccc2F)[n+]2ccccc12. The number of rotatable bonds is 3. The summed E-state index contributed by atoms with van der Waals surface area (Å²) in [5.41, 5.74) is 1.69. The molecule has 4 aliphatic carbocycles. The number of imidazole rings is 1. The van der Waals surface area contributed by atoms with E-state index in [2.05, 4.69) is 10.3 Å². The van der Waals surface area contributed by atoms with E-state index in [9.17, 15) is 9.18 Å². The number of nitrogens with zero attached hydrogens (tertiary/aromatic N) is 1. The Morgan fingerprint density at radius 3 is 2.34 bits per heavy atom. The molecule has 3 aromatic rings. The van der Waals surface area contributed by atoms with Gasteiger partial charge in [0.15, 0.2) is 5.52 Å². The van der Waals surface area contributed by atoms with Crippen molar-refractivity contribution in [2.75, 3.05) is 0 Å². The minimum atomic E-state index is -0.306. The van der Waals surface area contributed by atoms with Crippen molar-refractivity contribution < 1.29 is 13.6 Å². The molecular formula is C24H25FN3O+. The summed E-state index contributed by atoms with van der Waals surface area (Å²) in [6, 6.07) is 12.4. The molecule has 0 spiro atoms. The summed E-state index contributed by atoms with van der Waals surface area (Å²) >= 11 is 0. The topological polar surface area (TPSA) is 49.0 Å². The van der Waals surface area contributed by atoms with Crippen LogP contribution < -0.4 is 9.72 Å². The number of fused-ring (bicyclic) bond motifs is 1. The first kappa shape index (κ1) is 17.2. The summed E-state index contributed by atoms with van der Waals surface area (Å²) in [6.07, 6.45) is 9.22.